The zero-order valence-corrected chi connectivity index (χ0v) is 8.17. The van der Waals surface area contributed by atoms with Gasteiger partial charge in [-0.2, -0.15) is 0 Å². The average molecular weight is 224 g/mol. The molecule has 2 saturated heterocycles. The van der Waals surface area contributed by atoms with Gasteiger partial charge in [0.15, 0.2) is 0 Å². The van der Waals surface area contributed by atoms with Crippen molar-refractivity contribution in [3.63, 3.8) is 0 Å². The summed E-state index contributed by atoms with van der Waals surface area (Å²) in [7, 11) is 0. The van der Waals surface area contributed by atoms with Gasteiger partial charge in [0.2, 0.25) is 0 Å². The van der Waals surface area contributed by atoms with E-state index < -0.39 is 41.6 Å². The predicted molar refractivity (Wildman–Crippen MR) is 45.4 cm³/mol. The fourth-order valence-corrected chi connectivity index (χ4v) is 2.94. The van der Waals surface area contributed by atoms with Gasteiger partial charge in [0, 0.05) is 6.42 Å². The highest BCUT2D eigenvalue weighted by atomic mass is 16.6. The van der Waals surface area contributed by atoms with Crippen molar-refractivity contribution in [1.82, 2.24) is 0 Å². The van der Waals surface area contributed by atoms with Crippen LogP contribution in [0, 0.1) is 23.7 Å². The number of hydrogen-bond donors (Lipinski definition) is 0. The van der Waals surface area contributed by atoms with Crippen molar-refractivity contribution in [1.29, 1.82) is 0 Å². The molecule has 2 heterocycles. The maximum atomic E-state index is 11.5. The van der Waals surface area contributed by atoms with Crippen LogP contribution in [-0.2, 0) is 28.7 Å². The summed E-state index contributed by atoms with van der Waals surface area (Å²) in [6.07, 6.45) is 0.368. The van der Waals surface area contributed by atoms with Crippen LogP contribution >= 0.6 is 0 Å². The van der Waals surface area contributed by atoms with Gasteiger partial charge in [0.1, 0.15) is 0 Å². The van der Waals surface area contributed by atoms with E-state index >= 15 is 0 Å². The van der Waals surface area contributed by atoms with Crippen LogP contribution in [0.1, 0.15) is 12.8 Å². The van der Waals surface area contributed by atoms with Gasteiger partial charge in [-0.05, 0) is 12.3 Å². The summed E-state index contributed by atoms with van der Waals surface area (Å²) >= 11 is 0. The van der Waals surface area contributed by atoms with Crippen molar-refractivity contribution >= 4 is 23.9 Å². The minimum atomic E-state index is -0.738. The van der Waals surface area contributed by atoms with E-state index in [-0.39, 0.29) is 12.3 Å². The highest BCUT2D eigenvalue weighted by Gasteiger charge is 2.61. The monoisotopic (exact) mass is 224 g/mol. The lowest BCUT2D eigenvalue weighted by molar-refractivity contribution is -0.165. The Balaban J connectivity index is 2.03. The van der Waals surface area contributed by atoms with E-state index in [1.54, 1.807) is 0 Å². The summed E-state index contributed by atoms with van der Waals surface area (Å²) in [6, 6.07) is 0. The standard InChI is InChI=1S/C10H8O6/c11-5-2-3-1-4(8(12)15-5)7-6(3)9(13)16-10(7)14/h3-4,6-7H,1-2H2. The third-order valence-electron chi connectivity index (χ3n) is 3.58. The second-order valence-corrected chi connectivity index (χ2v) is 4.39. The van der Waals surface area contributed by atoms with Crippen LogP contribution in [0.2, 0.25) is 0 Å². The van der Waals surface area contributed by atoms with Crippen molar-refractivity contribution in [2.75, 3.05) is 0 Å². The van der Waals surface area contributed by atoms with E-state index in [9.17, 15) is 19.2 Å². The summed E-state index contributed by atoms with van der Waals surface area (Å²) < 4.78 is 9.05. The predicted octanol–water partition coefficient (Wildman–Crippen LogP) is -0.588. The van der Waals surface area contributed by atoms with E-state index in [0.717, 1.165) is 0 Å². The van der Waals surface area contributed by atoms with Gasteiger partial charge in [-0.3, -0.25) is 19.2 Å². The van der Waals surface area contributed by atoms with Gasteiger partial charge in [0.25, 0.3) is 0 Å². The summed E-state index contributed by atoms with van der Waals surface area (Å²) in [5, 5.41) is 0. The van der Waals surface area contributed by atoms with E-state index in [2.05, 4.69) is 9.47 Å². The Bertz CT molecular complexity index is 425. The minimum Gasteiger partial charge on any atom is -0.393 e. The van der Waals surface area contributed by atoms with Gasteiger partial charge in [-0.1, -0.05) is 0 Å². The lowest BCUT2D eigenvalue weighted by Crippen LogP contribution is -2.30. The first-order valence-corrected chi connectivity index (χ1v) is 5.08. The average Bonchev–Trinajstić information content (AvgIpc) is 2.63. The topological polar surface area (TPSA) is 86.7 Å². The highest BCUT2D eigenvalue weighted by molar-refractivity contribution is 6.02. The quantitative estimate of drug-likeness (QED) is 0.404. The molecule has 0 radical (unpaired) electrons. The largest absolute Gasteiger partial charge is 0.393 e. The van der Waals surface area contributed by atoms with Gasteiger partial charge >= 0.3 is 23.9 Å². The number of ether oxygens (including phenoxy) is 2. The normalized spacial score (nSPS) is 41.5. The number of esters is 4. The summed E-state index contributed by atoms with van der Waals surface area (Å²) in [5.74, 6) is -4.95. The SMILES string of the molecule is O=C1CC2CC(C(=O)O1)C1C(=O)OC(=O)C21. The summed E-state index contributed by atoms with van der Waals surface area (Å²) in [4.78, 5) is 45.5. The Morgan fingerprint density at radius 2 is 1.56 bits per heavy atom. The molecule has 16 heavy (non-hydrogen) atoms. The zero-order valence-electron chi connectivity index (χ0n) is 8.17. The van der Waals surface area contributed by atoms with Crippen LogP contribution in [0.15, 0.2) is 0 Å². The number of hydrogen-bond acceptors (Lipinski definition) is 6. The molecule has 4 atom stereocenters. The molecule has 0 aromatic rings. The van der Waals surface area contributed by atoms with Crippen LogP contribution in [0.25, 0.3) is 0 Å². The zero-order chi connectivity index (χ0) is 11.4. The van der Waals surface area contributed by atoms with E-state index in [4.69, 9.17) is 0 Å². The first-order chi connectivity index (χ1) is 7.58. The maximum absolute atomic E-state index is 11.5. The Morgan fingerprint density at radius 1 is 0.875 bits per heavy atom. The van der Waals surface area contributed by atoms with Gasteiger partial charge < -0.3 is 9.47 Å². The number of carbonyl (C=O) groups excluding carboxylic acids is 4. The number of rotatable bonds is 0. The van der Waals surface area contributed by atoms with Crippen LogP contribution < -0.4 is 0 Å². The van der Waals surface area contributed by atoms with Gasteiger partial charge in [-0.25, -0.2) is 0 Å². The third kappa shape index (κ3) is 1.07. The smallest absolute Gasteiger partial charge is 0.318 e. The molecule has 0 N–H and O–H groups in total. The Hall–Kier alpha value is -1.72. The molecule has 3 rings (SSSR count). The molecule has 2 aliphatic heterocycles. The summed E-state index contributed by atoms with van der Waals surface area (Å²) in [6.45, 7) is 0. The molecular formula is C10H8O6. The second-order valence-electron chi connectivity index (χ2n) is 4.39. The lowest BCUT2D eigenvalue weighted by Gasteiger charge is -2.14. The third-order valence-corrected chi connectivity index (χ3v) is 3.58. The molecule has 0 aromatic carbocycles. The molecule has 3 aliphatic rings. The maximum Gasteiger partial charge on any atom is 0.318 e. The van der Waals surface area contributed by atoms with Crippen molar-refractivity contribution in [3.05, 3.63) is 0 Å². The van der Waals surface area contributed by atoms with Crippen molar-refractivity contribution < 1.29 is 28.7 Å². The fraction of sp³-hybridized carbons (Fsp3) is 0.600. The molecule has 1 aliphatic carbocycles. The fourth-order valence-electron chi connectivity index (χ4n) is 2.94. The van der Waals surface area contributed by atoms with Crippen molar-refractivity contribution in [2.24, 2.45) is 23.7 Å². The summed E-state index contributed by atoms with van der Waals surface area (Å²) in [5.41, 5.74) is 0. The van der Waals surface area contributed by atoms with E-state index in [0.29, 0.717) is 6.42 Å². The van der Waals surface area contributed by atoms with Crippen LogP contribution in [-0.4, -0.2) is 23.9 Å². The number of fused-ring (bicyclic) bond motifs is 5. The lowest BCUT2D eigenvalue weighted by atomic mass is 9.87. The molecular weight excluding hydrogens is 216 g/mol. The molecule has 6 heteroatoms. The van der Waals surface area contributed by atoms with Gasteiger partial charge in [0.05, 0.1) is 17.8 Å². The van der Waals surface area contributed by atoms with Crippen molar-refractivity contribution in [2.45, 2.75) is 12.8 Å². The highest BCUT2D eigenvalue weighted by Crippen LogP contribution is 2.49. The molecule has 84 valence electrons. The first-order valence-electron chi connectivity index (χ1n) is 5.08. The van der Waals surface area contributed by atoms with Gasteiger partial charge in [-0.15, -0.1) is 0 Å². The molecule has 1 saturated carbocycles. The second kappa shape index (κ2) is 2.90. The molecule has 3 fully saturated rings. The first kappa shape index (κ1) is 9.50. The molecule has 6 nitrogen and oxygen atoms in total. The molecule has 0 spiro atoms. The molecule has 2 bridgehead atoms. The number of cyclic esters (lactones) is 4. The van der Waals surface area contributed by atoms with Crippen LogP contribution in [0.4, 0.5) is 0 Å². The Kier molecular flexibility index (Phi) is 1.72. The van der Waals surface area contributed by atoms with E-state index in [1.165, 1.54) is 0 Å². The molecule has 0 aromatic heterocycles. The Labute approximate surface area is 89.9 Å². The van der Waals surface area contributed by atoms with Crippen molar-refractivity contribution in [3.8, 4) is 0 Å². The number of carbonyl (C=O) groups is 4. The van der Waals surface area contributed by atoms with E-state index in [1.807, 2.05) is 0 Å². The van der Waals surface area contributed by atoms with Crippen LogP contribution in [0.3, 0.4) is 0 Å². The molecule has 4 unspecified atom stereocenters. The minimum absolute atomic E-state index is 0.00574. The van der Waals surface area contributed by atoms with Crippen LogP contribution in [0.5, 0.6) is 0 Å². The molecule has 0 amide bonds. The Morgan fingerprint density at radius 3 is 2.31 bits per heavy atom.